The van der Waals surface area contributed by atoms with Gasteiger partial charge in [0.15, 0.2) is 18.1 Å². The van der Waals surface area contributed by atoms with Crippen LogP contribution in [0.3, 0.4) is 0 Å². The molecule has 0 aliphatic carbocycles. The molecule has 1 aromatic carbocycles. The van der Waals surface area contributed by atoms with Crippen LogP contribution in [0.5, 0.6) is 5.75 Å². The van der Waals surface area contributed by atoms with E-state index in [0.717, 1.165) is 37.9 Å². The molecule has 2 atom stereocenters. The molecule has 0 radical (unpaired) electrons. The minimum atomic E-state index is -1.32. The average Bonchev–Trinajstić information content (AvgIpc) is 3.39. The summed E-state index contributed by atoms with van der Waals surface area (Å²) in [4.78, 5) is 1.21. The Labute approximate surface area is 271 Å². The van der Waals surface area contributed by atoms with Gasteiger partial charge in [-0.05, 0) is 115 Å². The molecule has 0 saturated carbocycles. The van der Waals surface area contributed by atoms with Gasteiger partial charge in [0.1, 0.15) is 12.4 Å². The lowest BCUT2D eigenvalue weighted by Gasteiger charge is -2.39. The summed E-state index contributed by atoms with van der Waals surface area (Å²) in [6, 6.07) is 8.83. The van der Waals surface area contributed by atoms with Gasteiger partial charge in [0.05, 0.1) is 17.8 Å². The molecular weight excluding hydrogens is 585 g/mol. The highest BCUT2D eigenvalue weighted by atomic mass is 32.1. The molecule has 4 nitrogen and oxygen atoms in total. The topological polar surface area (TPSA) is 47.9 Å². The van der Waals surface area contributed by atoms with Gasteiger partial charge in [-0.1, -0.05) is 74.5 Å². The first-order valence-electron chi connectivity index (χ1n) is 16.5. The number of hydrogen-bond acceptors (Lipinski definition) is 5. The van der Waals surface area contributed by atoms with Gasteiger partial charge in [0.2, 0.25) is 0 Å². The van der Waals surface area contributed by atoms with Crippen molar-refractivity contribution in [3.05, 3.63) is 57.3 Å². The van der Waals surface area contributed by atoms with Gasteiger partial charge in [0, 0.05) is 4.88 Å². The average molecular weight is 647 g/mol. The zero-order valence-corrected chi connectivity index (χ0v) is 32.7. The van der Waals surface area contributed by atoms with Crippen LogP contribution >= 0.6 is 11.3 Å². The van der Waals surface area contributed by atoms with Crippen molar-refractivity contribution in [2.45, 2.75) is 145 Å². The van der Waals surface area contributed by atoms with E-state index in [4.69, 9.17) is 13.6 Å². The van der Waals surface area contributed by atoms with Crippen LogP contribution in [0.1, 0.15) is 128 Å². The first kappa shape index (κ1) is 38.0. The Bertz CT molecular complexity index is 1150. The third-order valence-corrected chi connectivity index (χ3v) is 10.7. The number of allylic oxidation sites excluding steroid dienone is 2. The van der Waals surface area contributed by atoms with Gasteiger partial charge in [-0.3, -0.25) is 0 Å². The maximum atomic E-state index is 10.7. The molecule has 43 heavy (non-hydrogen) atoms. The summed E-state index contributed by atoms with van der Waals surface area (Å²) in [5.74, 6) is 0.871. The van der Waals surface area contributed by atoms with Crippen molar-refractivity contribution >= 4 is 35.0 Å². The van der Waals surface area contributed by atoms with E-state index in [1.165, 1.54) is 27.1 Å². The van der Waals surface area contributed by atoms with E-state index in [-0.39, 0.29) is 23.0 Å². The summed E-state index contributed by atoms with van der Waals surface area (Å²) < 4.78 is 19.9. The van der Waals surface area contributed by atoms with E-state index in [2.05, 4.69) is 124 Å². The number of aliphatic hydroxyl groups is 1. The summed E-state index contributed by atoms with van der Waals surface area (Å²) in [7, 11) is -2.62. The van der Waals surface area contributed by atoms with E-state index in [9.17, 15) is 5.11 Å². The number of benzene rings is 1. The molecular formula is C36H62O4SSi2. The highest BCUT2D eigenvalue weighted by Gasteiger charge is 2.36. The molecule has 1 aromatic heterocycles. The minimum absolute atomic E-state index is 0.00440. The molecule has 0 aliphatic heterocycles. The number of thiophene rings is 1. The molecule has 0 spiro atoms. The highest BCUT2D eigenvalue weighted by molar-refractivity contribution is 7.10. The molecule has 0 saturated heterocycles. The first-order valence-corrected chi connectivity index (χ1v) is 22.9. The van der Waals surface area contributed by atoms with Crippen LogP contribution in [-0.2, 0) is 15.5 Å². The van der Waals surface area contributed by atoms with Crippen LogP contribution in [0.15, 0.2) is 35.7 Å². The lowest BCUT2D eigenvalue weighted by atomic mass is 9.77. The maximum Gasteiger partial charge on any atom is 0.171 e. The van der Waals surface area contributed by atoms with Gasteiger partial charge < -0.3 is 18.7 Å². The third kappa shape index (κ3) is 11.6. The predicted molar refractivity (Wildman–Crippen MR) is 192 cm³/mol. The Morgan fingerprint density at radius 3 is 1.91 bits per heavy atom. The van der Waals surface area contributed by atoms with Gasteiger partial charge in [-0.15, -0.1) is 11.3 Å². The Hall–Kier alpha value is -1.23. The zero-order chi connectivity index (χ0) is 32.6. The second-order valence-corrected chi connectivity index (χ2v) is 20.5. The molecule has 2 aromatic rings. The van der Waals surface area contributed by atoms with Gasteiger partial charge >= 0.3 is 0 Å². The molecule has 0 bridgehead atoms. The quantitative estimate of drug-likeness (QED) is 0.184. The number of rotatable bonds is 16. The predicted octanol–water partition coefficient (Wildman–Crippen LogP) is 10.6. The van der Waals surface area contributed by atoms with Gasteiger partial charge in [0.25, 0.3) is 0 Å². The summed E-state index contributed by atoms with van der Waals surface area (Å²) in [5, 5.41) is 12.9. The molecule has 2 unspecified atom stereocenters. The van der Waals surface area contributed by atoms with Crippen LogP contribution in [0, 0.1) is 10.8 Å². The van der Waals surface area contributed by atoms with E-state index in [1.807, 2.05) is 0 Å². The van der Waals surface area contributed by atoms with E-state index in [1.54, 1.807) is 11.3 Å². The third-order valence-electron chi connectivity index (χ3n) is 8.12. The van der Waals surface area contributed by atoms with Crippen molar-refractivity contribution in [3.63, 3.8) is 0 Å². The van der Waals surface area contributed by atoms with Crippen molar-refractivity contribution in [2.24, 2.45) is 10.8 Å². The standard InChI is InChI=1S/C36H62O4SSi2/c1-14-26(18-17-21-36(37,15-2)16-3)27-22-29(41-25-27)24-38-28-19-20-30(32(34(4,5)6)39-42(10)11)31(23-28)33(35(7,8)9)40-43(12)13/h18-20,22-23,25,32-33,37,42-43H,14-17,21,24H2,1-13H3. The van der Waals surface area contributed by atoms with Gasteiger partial charge in [-0.25, -0.2) is 0 Å². The molecule has 7 heteroatoms. The van der Waals surface area contributed by atoms with Crippen molar-refractivity contribution in [2.75, 3.05) is 0 Å². The molecule has 0 amide bonds. The summed E-state index contributed by atoms with van der Waals surface area (Å²) in [5.41, 5.74) is 4.36. The Morgan fingerprint density at radius 2 is 1.42 bits per heavy atom. The normalized spacial score (nSPS) is 14.9. The van der Waals surface area contributed by atoms with Crippen LogP contribution in [-0.4, -0.2) is 28.8 Å². The lowest BCUT2D eigenvalue weighted by molar-refractivity contribution is 0.0246. The fourth-order valence-electron chi connectivity index (χ4n) is 5.50. The van der Waals surface area contributed by atoms with E-state index >= 15 is 0 Å². The van der Waals surface area contributed by atoms with Crippen molar-refractivity contribution < 1.29 is 18.7 Å². The summed E-state index contributed by atoms with van der Waals surface area (Å²) in [6.45, 7) is 29.5. The molecule has 1 N–H and O–H groups in total. The summed E-state index contributed by atoms with van der Waals surface area (Å²) in [6.07, 6.45) is 6.54. The lowest BCUT2D eigenvalue weighted by Crippen LogP contribution is -2.31. The Balaban J connectivity index is 2.38. The largest absolute Gasteiger partial charge is 0.488 e. The Kier molecular flexibility index (Phi) is 14.4. The second-order valence-electron chi connectivity index (χ2n) is 14.8. The fourth-order valence-corrected chi connectivity index (χ4v) is 8.52. The van der Waals surface area contributed by atoms with E-state index in [0.29, 0.717) is 6.61 Å². The fraction of sp³-hybridized carbons (Fsp3) is 0.667. The minimum Gasteiger partial charge on any atom is -0.488 e. The molecule has 0 fully saturated rings. The monoisotopic (exact) mass is 646 g/mol. The molecule has 1 heterocycles. The zero-order valence-electron chi connectivity index (χ0n) is 29.6. The molecule has 2 rings (SSSR count). The smallest absolute Gasteiger partial charge is 0.171 e. The van der Waals surface area contributed by atoms with Crippen LogP contribution < -0.4 is 4.74 Å². The summed E-state index contributed by atoms with van der Waals surface area (Å²) >= 11 is 1.75. The van der Waals surface area contributed by atoms with Crippen LogP contribution in [0.2, 0.25) is 26.2 Å². The van der Waals surface area contributed by atoms with Crippen LogP contribution in [0.25, 0.3) is 5.57 Å². The highest BCUT2D eigenvalue weighted by Crippen LogP contribution is 2.46. The number of ether oxygens (including phenoxy) is 1. The second kappa shape index (κ2) is 16.4. The SMILES string of the molecule is CCC(=CCCC(O)(CC)CC)c1csc(COc2ccc(C(O[SiH](C)C)C(C)(C)C)c(C(O[SiH](C)C)C(C)(C)C)c2)c1. The van der Waals surface area contributed by atoms with Crippen molar-refractivity contribution in [1.82, 2.24) is 0 Å². The maximum absolute atomic E-state index is 10.7. The van der Waals surface area contributed by atoms with Crippen LogP contribution in [0.4, 0.5) is 0 Å². The van der Waals surface area contributed by atoms with Crippen molar-refractivity contribution in [1.29, 1.82) is 0 Å². The first-order chi connectivity index (χ1) is 19.9. The van der Waals surface area contributed by atoms with Crippen molar-refractivity contribution in [3.8, 4) is 5.75 Å². The molecule has 244 valence electrons. The van der Waals surface area contributed by atoms with Gasteiger partial charge in [-0.2, -0.15) is 0 Å². The molecule has 0 aliphatic rings. The van der Waals surface area contributed by atoms with E-state index < -0.39 is 23.7 Å². The Morgan fingerprint density at radius 1 is 0.860 bits per heavy atom. The number of hydrogen-bond donors (Lipinski definition) is 1.